The molecule has 0 saturated carbocycles. The number of carbonyl (C=O) groups is 1. The first-order chi connectivity index (χ1) is 10.1. The van der Waals surface area contributed by atoms with E-state index in [-0.39, 0.29) is 13.0 Å². The summed E-state index contributed by atoms with van der Waals surface area (Å²) >= 11 is 0. The topological polar surface area (TPSA) is 107 Å². The number of carboxylic acid groups (broad SMARTS) is 1. The molecule has 1 aromatic heterocycles. The van der Waals surface area contributed by atoms with Crippen LogP contribution in [0.4, 0.5) is 0 Å². The molecule has 0 aromatic carbocycles. The van der Waals surface area contributed by atoms with Gasteiger partial charge in [-0.1, -0.05) is 5.21 Å². The van der Waals surface area contributed by atoms with E-state index in [0.29, 0.717) is 32.6 Å². The van der Waals surface area contributed by atoms with E-state index in [1.54, 1.807) is 18.0 Å². The number of ether oxygens (including phenoxy) is 2. The van der Waals surface area contributed by atoms with Crippen LogP contribution in [-0.2, 0) is 27.2 Å². The molecule has 120 valence electrons. The Labute approximate surface area is 123 Å². The van der Waals surface area contributed by atoms with Crippen molar-refractivity contribution in [2.75, 3.05) is 26.9 Å². The van der Waals surface area contributed by atoms with E-state index in [1.165, 1.54) is 0 Å². The van der Waals surface area contributed by atoms with Gasteiger partial charge in [0.25, 0.3) is 0 Å². The summed E-state index contributed by atoms with van der Waals surface area (Å²) in [6, 6.07) is 0. The van der Waals surface area contributed by atoms with Gasteiger partial charge in [0, 0.05) is 19.7 Å². The standard InChI is InChI=1S/C13H23N3O5/c1-20-6-7-21-10-12(17)9-16-8-11(14-15-16)4-2-3-5-13(18)19/h8,12,17H,2-7,9-10H2,1H3,(H,18,19). The van der Waals surface area contributed by atoms with E-state index in [1.807, 2.05) is 0 Å². The van der Waals surface area contributed by atoms with Crippen LogP contribution in [0.15, 0.2) is 6.20 Å². The molecule has 0 amide bonds. The van der Waals surface area contributed by atoms with Crippen LogP contribution in [0, 0.1) is 0 Å². The van der Waals surface area contributed by atoms with Crippen molar-refractivity contribution >= 4 is 5.97 Å². The van der Waals surface area contributed by atoms with Gasteiger partial charge < -0.3 is 19.7 Å². The molecule has 0 radical (unpaired) electrons. The van der Waals surface area contributed by atoms with Crippen molar-refractivity contribution in [2.45, 2.75) is 38.3 Å². The molecular formula is C13H23N3O5. The molecule has 0 aliphatic carbocycles. The number of rotatable bonds is 12. The van der Waals surface area contributed by atoms with Crippen LogP contribution in [0.1, 0.15) is 25.0 Å². The number of aromatic nitrogens is 3. The number of aliphatic hydroxyl groups excluding tert-OH is 1. The molecule has 1 heterocycles. The molecule has 0 saturated heterocycles. The van der Waals surface area contributed by atoms with Gasteiger partial charge in [-0.25, -0.2) is 4.68 Å². The minimum Gasteiger partial charge on any atom is -0.481 e. The third-order valence-electron chi connectivity index (χ3n) is 2.80. The lowest BCUT2D eigenvalue weighted by Crippen LogP contribution is -2.23. The Morgan fingerprint density at radius 1 is 1.43 bits per heavy atom. The maximum Gasteiger partial charge on any atom is 0.303 e. The fraction of sp³-hybridized carbons (Fsp3) is 0.769. The highest BCUT2D eigenvalue weighted by Crippen LogP contribution is 2.04. The van der Waals surface area contributed by atoms with E-state index in [2.05, 4.69) is 10.3 Å². The number of methoxy groups -OCH3 is 1. The van der Waals surface area contributed by atoms with E-state index in [9.17, 15) is 9.90 Å². The number of aryl methyl sites for hydroxylation is 1. The van der Waals surface area contributed by atoms with Gasteiger partial charge in [-0.15, -0.1) is 5.10 Å². The zero-order valence-corrected chi connectivity index (χ0v) is 12.3. The second kappa shape index (κ2) is 10.3. The third-order valence-corrected chi connectivity index (χ3v) is 2.80. The Morgan fingerprint density at radius 3 is 2.95 bits per heavy atom. The van der Waals surface area contributed by atoms with Gasteiger partial charge in [0.2, 0.25) is 0 Å². The summed E-state index contributed by atoms with van der Waals surface area (Å²) in [6.07, 6.45) is 3.35. The molecule has 0 bridgehead atoms. The summed E-state index contributed by atoms with van der Waals surface area (Å²) in [5, 5.41) is 26.2. The highest BCUT2D eigenvalue weighted by atomic mass is 16.5. The Kier molecular flexibility index (Phi) is 8.56. The third kappa shape index (κ3) is 8.38. The highest BCUT2D eigenvalue weighted by Gasteiger charge is 2.08. The number of hydrogen-bond acceptors (Lipinski definition) is 6. The average molecular weight is 301 g/mol. The van der Waals surface area contributed by atoms with E-state index in [0.717, 1.165) is 12.1 Å². The van der Waals surface area contributed by atoms with Crippen LogP contribution in [-0.4, -0.2) is 64.2 Å². The van der Waals surface area contributed by atoms with Crippen molar-refractivity contribution in [1.82, 2.24) is 15.0 Å². The molecular weight excluding hydrogens is 278 g/mol. The molecule has 0 aliphatic rings. The van der Waals surface area contributed by atoms with Gasteiger partial charge in [0.05, 0.1) is 38.2 Å². The summed E-state index contributed by atoms with van der Waals surface area (Å²) in [7, 11) is 1.59. The second-order valence-electron chi connectivity index (χ2n) is 4.75. The normalized spacial score (nSPS) is 12.5. The Hall–Kier alpha value is -1.51. The number of unbranched alkanes of at least 4 members (excludes halogenated alkanes) is 1. The van der Waals surface area contributed by atoms with Gasteiger partial charge in [0.1, 0.15) is 0 Å². The molecule has 21 heavy (non-hydrogen) atoms. The lowest BCUT2D eigenvalue weighted by molar-refractivity contribution is -0.137. The monoisotopic (exact) mass is 301 g/mol. The first-order valence-electron chi connectivity index (χ1n) is 6.97. The number of hydrogen-bond donors (Lipinski definition) is 2. The Morgan fingerprint density at radius 2 is 2.24 bits per heavy atom. The van der Waals surface area contributed by atoms with Crippen molar-refractivity contribution in [1.29, 1.82) is 0 Å². The number of aliphatic carboxylic acids is 1. The Bertz CT molecular complexity index is 410. The molecule has 8 heteroatoms. The molecule has 1 unspecified atom stereocenters. The van der Waals surface area contributed by atoms with Crippen LogP contribution in [0.3, 0.4) is 0 Å². The Balaban J connectivity index is 2.19. The minimum absolute atomic E-state index is 0.172. The minimum atomic E-state index is -0.782. The molecule has 0 fully saturated rings. The lowest BCUT2D eigenvalue weighted by Gasteiger charge is -2.10. The molecule has 0 aliphatic heterocycles. The molecule has 1 atom stereocenters. The first-order valence-corrected chi connectivity index (χ1v) is 6.97. The first kappa shape index (κ1) is 17.5. The fourth-order valence-corrected chi connectivity index (χ4v) is 1.75. The van der Waals surface area contributed by atoms with Crippen LogP contribution in [0.2, 0.25) is 0 Å². The van der Waals surface area contributed by atoms with Gasteiger partial charge in [-0.2, -0.15) is 0 Å². The van der Waals surface area contributed by atoms with Crippen molar-refractivity contribution in [3.8, 4) is 0 Å². The summed E-state index contributed by atoms with van der Waals surface area (Å²) in [5.41, 5.74) is 0.799. The van der Waals surface area contributed by atoms with Gasteiger partial charge >= 0.3 is 5.97 Å². The van der Waals surface area contributed by atoms with Crippen LogP contribution < -0.4 is 0 Å². The average Bonchev–Trinajstić information content (AvgIpc) is 2.87. The number of carboxylic acids is 1. The molecule has 8 nitrogen and oxygen atoms in total. The summed E-state index contributed by atoms with van der Waals surface area (Å²) in [6.45, 7) is 1.47. The SMILES string of the molecule is COCCOCC(O)Cn1cc(CCCCC(=O)O)nn1. The summed E-state index contributed by atoms with van der Waals surface area (Å²) < 4.78 is 11.6. The molecule has 1 aromatic rings. The number of nitrogens with zero attached hydrogens (tertiary/aromatic N) is 3. The predicted molar refractivity (Wildman–Crippen MR) is 73.9 cm³/mol. The zero-order chi connectivity index (χ0) is 15.5. The lowest BCUT2D eigenvalue weighted by atomic mass is 10.1. The van der Waals surface area contributed by atoms with Gasteiger partial charge in [-0.3, -0.25) is 4.79 Å². The van der Waals surface area contributed by atoms with E-state index < -0.39 is 12.1 Å². The fourth-order valence-electron chi connectivity index (χ4n) is 1.75. The van der Waals surface area contributed by atoms with Crippen molar-refractivity contribution in [2.24, 2.45) is 0 Å². The zero-order valence-electron chi connectivity index (χ0n) is 12.3. The quantitative estimate of drug-likeness (QED) is 0.527. The maximum absolute atomic E-state index is 10.4. The van der Waals surface area contributed by atoms with E-state index >= 15 is 0 Å². The van der Waals surface area contributed by atoms with Crippen LogP contribution >= 0.6 is 0 Å². The van der Waals surface area contributed by atoms with Crippen molar-refractivity contribution in [3.05, 3.63) is 11.9 Å². The van der Waals surface area contributed by atoms with Crippen molar-refractivity contribution in [3.63, 3.8) is 0 Å². The number of aliphatic hydroxyl groups is 1. The predicted octanol–water partition coefficient (Wildman–Crippen LogP) is 0.0994. The van der Waals surface area contributed by atoms with Crippen LogP contribution in [0.5, 0.6) is 0 Å². The van der Waals surface area contributed by atoms with E-state index in [4.69, 9.17) is 14.6 Å². The smallest absolute Gasteiger partial charge is 0.303 e. The largest absolute Gasteiger partial charge is 0.481 e. The molecule has 0 spiro atoms. The summed E-state index contributed by atoms with van der Waals surface area (Å²) in [5.74, 6) is -0.782. The molecule has 2 N–H and O–H groups in total. The molecule has 1 rings (SSSR count). The van der Waals surface area contributed by atoms with Gasteiger partial charge in [-0.05, 0) is 19.3 Å². The maximum atomic E-state index is 10.4. The highest BCUT2D eigenvalue weighted by molar-refractivity contribution is 5.66. The van der Waals surface area contributed by atoms with Crippen LogP contribution in [0.25, 0.3) is 0 Å². The van der Waals surface area contributed by atoms with Crippen molar-refractivity contribution < 1.29 is 24.5 Å². The second-order valence-corrected chi connectivity index (χ2v) is 4.75. The van der Waals surface area contributed by atoms with Gasteiger partial charge in [0.15, 0.2) is 0 Å². The summed E-state index contributed by atoms with van der Waals surface area (Å²) in [4.78, 5) is 10.4.